The van der Waals surface area contributed by atoms with Crippen LogP contribution in [0.5, 0.6) is 11.6 Å². The van der Waals surface area contributed by atoms with Crippen molar-refractivity contribution in [3.8, 4) is 11.6 Å². The zero-order chi connectivity index (χ0) is 13.0. The highest BCUT2D eigenvalue weighted by atomic mass is 19.1. The van der Waals surface area contributed by atoms with Gasteiger partial charge in [0.25, 0.3) is 0 Å². The monoisotopic (exact) mass is 247 g/mol. The molecule has 0 aliphatic rings. The van der Waals surface area contributed by atoms with Gasteiger partial charge in [0, 0.05) is 18.7 Å². The second-order valence-electron chi connectivity index (χ2n) is 3.78. The molecule has 1 aromatic heterocycles. The Morgan fingerprint density at radius 1 is 1.28 bits per heavy atom. The van der Waals surface area contributed by atoms with Crippen molar-refractivity contribution in [1.29, 1.82) is 0 Å². The molecule has 4 nitrogen and oxygen atoms in total. The number of aromatic nitrogens is 2. The standard InChI is InChI=1S/C13H14FN3O/c1-3-15-12-7-13(17-8-16-12)18-11-6-10(14)5-4-9(11)2/h4-8H,3H2,1-2H3,(H,15,16,17). The van der Waals surface area contributed by atoms with Crippen LogP contribution in [-0.4, -0.2) is 16.5 Å². The number of ether oxygens (including phenoxy) is 1. The smallest absolute Gasteiger partial charge is 0.224 e. The molecule has 1 aromatic carbocycles. The van der Waals surface area contributed by atoms with Crippen LogP contribution in [0.25, 0.3) is 0 Å². The fourth-order valence-corrected chi connectivity index (χ4v) is 1.47. The molecular weight excluding hydrogens is 233 g/mol. The Labute approximate surface area is 105 Å². The molecule has 0 unspecified atom stereocenters. The quantitative estimate of drug-likeness (QED) is 0.901. The summed E-state index contributed by atoms with van der Waals surface area (Å²) in [7, 11) is 0. The molecule has 1 N–H and O–H groups in total. The molecule has 18 heavy (non-hydrogen) atoms. The van der Waals surface area contributed by atoms with E-state index < -0.39 is 0 Å². The maximum Gasteiger partial charge on any atom is 0.224 e. The zero-order valence-electron chi connectivity index (χ0n) is 10.3. The lowest BCUT2D eigenvalue weighted by Crippen LogP contribution is -2.00. The maximum atomic E-state index is 13.1. The molecule has 0 bridgehead atoms. The van der Waals surface area contributed by atoms with Crippen LogP contribution in [0.2, 0.25) is 0 Å². The van der Waals surface area contributed by atoms with Gasteiger partial charge in [-0.25, -0.2) is 14.4 Å². The molecule has 0 radical (unpaired) electrons. The third kappa shape index (κ3) is 2.94. The highest BCUT2D eigenvalue weighted by molar-refractivity contribution is 5.40. The number of hydrogen-bond acceptors (Lipinski definition) is 4. The van der Waals surface area contributed by atoms with Crippen LogP contribution < -0.4 is 10.1 Å². The fraction of sp³-hybridized carbons (Fsp3) is 0.231. The average molecular weight is 247 g/mol. The van der Waals surface area contributed by atoms with Gasteiger partial charge in [-0.05, 0) is 25.5 Å². The van der Waals surface area contributed by atoms with E-state index in [9.17, 15) is 4.39 Å². The van der Waals surface area contributed by atoms with Crippen molar-refractivity contribution in [3.63, 3.8) is 0 Å². The van der Waals surface area contributed by atoms with Crippen LogP contribution in [0, 0.1) is 12.7 Å². The second kappa shape index (κ2) is 5.44. The van der Waals surface area contributed by atoms with Gasteiger partial charge in [0.15, 0.2) is 0 Å². The molecule has 1 heterocycles. The zero-order valence-corrected chi connectivity index (χ0v) is 10.3. The molecule has 2 rings (SSSR count). The molecule has 2 aromatic rings. The van der Waals surface area contributed by atoms with Crippen LogP contribution >= 0.6 is 0 Å². The lowest BCUT2D eigenvalue weighted by atomic mass is 10.2. The van der Waals surface area contributed by atoms with Crippen molar-refractivity contribution in [2.75, 3.05) is 11.9 Å². The first-order chi connectivity index (χ1) is 8.69. The highest BCUT2D eigenvalue weighted by Gasteiger charge is 2.05. The van der Waals surface area contributed by atoms with Gasteiger partial charge in [0.1, 0.15) is 23.7 Å². The number of nitrogens with one attached hydrogen (secondary N) is 1. The normalized spacial score (nSPS) is 10.2. The molecule has 0 aliphatic carbocycles. The predicted octanol–water partition coefficient (Wildman–Crippen LogP) is 3.15. The minimum absolute atomic E-state index is 0.337. The van der Waals surface area contributed by atoms with Crippen LogP contribution in [-0.2, 0) is 0 Å². The molecule has 0 saturated heterocycles. The molecule has 0 spiro atoms. The Kier molecular flexibility index (Phi) is 3.72. The number of anilines is 1. The van der Waals surface area contributed by atoms with E-state index in [1.54, 1.807) is 12.1 Å². The van der Waals surface area contributed by atoms with E-state index in [4.69, 9.17) is 4.74 Å². The average Bonchev–Trinajstić information content (AvgIpc) is 2.35. The van der Waals surface area contributed by atoms with Gasteiger partial charge in [0.05, 0.1) is 0 Å². The highest BCUT2D eigenvalue weighted by Crippen LogP contribution is 2.25. The molecule has 0 amide bonds. The Balaban J connectivity index is 2.22. The molecule has 5 heteroatoms. The Hall–Kier alpha value is -2.17. The number of halogens is 1. The Morgan fingerprint density at radius 2 is 2.11 bits per heavy atom. The summed E-state index contributed by atoms with van der Waals surface area (Å²) in [6, 6.07) is 6.07. The van der Waals surface area contributed by atoms with Crippen LogP contribution in [0.1, 0.15) is 12.5 Å². The summed E-state index contributed by atoms with van der Waals surface area (Å²) in [6.45, 7) is 4.58. The van der Waals surface area contributed by atoms with Crippen molar-refractivity contribution >= 4 is 5.82 Å². The molecule has 0 fully saturated rings. The number of rotatable bonds is 4. The summed E-state index contributed by atoms with van der Waals surface area (Å²) in [5, 5.41) is 3.05. The summed E-state index contributed by atoms with van der Waals surface area (Å²) in [5.41, 5.74) is 0.847. The van der Waals surface area contributed by atoms with E-state index in [-0.39, 0.29) is 5.82 Å². The molecule has 0 aliphatic heterocycles. The number of benzene rings is 1. The van der Waals surface area contributed by atoms with Crippen molar-refractivity contribution in [2.45, 2.75) is 13.8 Å². The van der Waals surface area contributed by atoms with E-state index in [1.165, 1.54) is 18.5 Å². The second-order valence-corrected chi connectivity index (χ2v) is 3.78. The summed E-state index contributed by atoms with van der Waals surface area (Å²) in [5.74, 6) is 1.18. The van der Waals surface area contributed by atoms with E-state index in [1.807, 2.05) is 13.8 Å². The van der Waals surface area contributed by atoms with E-state index in [0.717, 1.165) is 12.1 Å². The van der Waals surface area contributed by atoms with Crippen molar-refractivity contribution in [2.24, 2.45) is 0 Å². The number of hydrogen-bond donors (Lipinski definition) is 1. The molecule has 0 atom stereocenters. The Morgan fingerprint density at radius 3 is 2.89 bits per heavy atom. The van der Waals surface area contributed by atoms with Gasteiger partial charge in [-0.15, -0.1) is 0 Å². The van der Waals surface area contributed by atoms with Crippen LogP contribution in [0.15, 0.2) is 30.6 Å². The van der Waals surface area contributed by atoms with Gasteiger partial charge in [-0.2, -0.15) is 0 Å². The first-order valence-corrected chi connectivity index (χ1v) is 5.69. The molecular formula is C13H14FN3O. The van der Waals surface area contributed by atoms with Crippen molar-refractivity contribution in [1.82, 2.24) is 9.97 Å². The summed E-state index contributed by atoms with van der Waals surface area (Å²) in [6.07, 6.45) is 1.40. The van der Waals surface area contributed by atoms with Crippen LogP contribution in [0.4, 0.5) is 10.2 Å². The third-order valence-corrected chi connectivity index (χ3v) is 2.36. The largest absolute Gasteiger partial charge is 0.438 e. The molecule has 0 saturated carbocycles. The van der Waals surface area contributed by atoms with Crippen molar-refractivity contribution < 1.29 is 9.13 Å². The van der Waals surface area contributed by atoms with Gasteiger partial charge in [-0.3, -0.25) is 0 Å². The SMILES string of the molecule is CCNc1cc(Oc2cc(F)ccc2C)ncn1. The van der Waals surface area contributed by atoms with Crippen LogP contribution in [0.3, 0.4) is 0 Å². The maximum absolute atomic E-state index is 13.1. The lowest BCUT2D eigenvalue weighted by molar-refractivity contribution is 0.453. The number of aryl methyl sites for hydroxylation is 1. The first kappa shape index (κ1) is 12.3. The van der Waals surface area contributed by atoms with E-state index in [0.29, 0.717) is 17.4 Å². The van der Waals surface area contributed by atoms with Gasteiger partial charge in [0.2, 0.25) is 5.88 Å². The van der Waals surface area contributed by atoms with E-state index in [2.05, 4.69) is 15.3 Å². The summed E-state index contributed by atoms with van der Waals surface area (Å²) < 4.78 is 18.7. The van der Waals surface area contributed by atoms with Gasteiger partial charge < -0.3 is 10.1 Å². The topological polar surface area (TPSA) is 47.0 Å². The fourth-order valence-electron chi connectivity index (χ4n) is 1.47. The first-order valence-electron chi connectivity index (χ1n) is 5.69. The third-order valence-electron chi connectivity index (χ3n) is 2.36. The minimum atomic E-state index is -0.337. The van der Waals surface area contributed by atoms with Gasteiger partial charge >= 0.3 is 0 Å². The van der Waals surface area contributed by atoms with E-state index >= 15 is 0 Å². The number of nitrogens with zero attached hydrogens (tertiary/aromatic N) is 2. The van der Waals surface area contributed by atoms with Gasteiger partial charge in [-0.1, -0.05) is 6.07 Å². The predicted molar refractivity (Wildman–Crippen MR) is 67.4 cm³/mol. The van der Waals surface area contributed by atoms with Crippen molar-refractivity contribution in [3.05, 3.63) is 42.0 Å². The lowest BCUT2D eigenvalue weighted by Gasteiger charge is -2.08. The summed E-state index contributed by atoms with van der Waals surface area (Å²) in [4.78, 5) is 8.03. The molecule has 94 valence electrons. The summed E-state index contributed by atoms with van der Waals surface area (Å²) >= 11 is 0. The minimum Gasteiger partial charge on any atom is -0.438 e. The Bertz CT molecular complexity index is 546.